The molecule has 0 bridgehead atoms. The van der Waals surface area contributed by atoms with E-state index in [0.717, 1.165) is 12.3 Å². The zero-order chi connectivity index (χ0) is 22.3. The van der Waals surface area contributed by atoms with E-state index in [4.69, 9.17) is 0 Å². The molecule has 2 heterocycles. The van der Waals surface area contributed by atoms with Gasteiger partial charge in [-0.05, 0) is 12.1 Å². The number of halogens is 3. The zero-order valence-electron chi connectivity index (χ0n) is 15.8. The standard InChI is InChI=1S/C21H14F3N3O4/c22-12-4-11(21(24)13(23)5-12)8-27(9-18(30)31)15-3-1-2-14(26-10-28)19(15)20-16(27)6-25-7-17(20)29/h1-7,10,20H,8-9H2,(H-,26,28,30,31)/p+1. The van der Waals surface area contributed by atoms with Crippen molar-refractivity contribution >= 4 is 35.8 Å². The first-order valence-corrected chi connectivity index (χ1v) is 9.12. The van der Waals surface area contributed by atoms with E-state index in [1.807, 2.05) is 0 Å². The summed E-state index contributed by atoms with van der Waals surface area (Å²) in [6.07, 6.45) is 2.78. The molecular weight excluding hydrogens is 415 g/mol. The SMILES string of the molecule is O=CNc1cccc2c1C1C(=O)C=NC=C1[N+]2(CC(=O)O)Cc1cc(F)cc(F)c1F. The van der Waals surface area contributed by atoms with Gasteiger partial charge in [-0.25, -0.2) is 22.4 Å². The third kappa shape index (κ3) is 3.21. The number of carboxylic acids is 1. The number of carboxylic acid groups (broad SMARTS) is 1. The Balaban J connectivity index is 2.02. The molecule has 2 aliphatic rings. The van der Waals surface area contributed by atoms with Crippen LogP contribution in [0, 0.1) is 17.5 Å². The van der Waals surface area contributed by atoms with E-state index in [9.17, 15) is 32.7 Å². The van der Waals surface area contributed by atoms with E-state index in [1.54, 1.807) is 0 Å². The van der Waals surface area contributed by atoms with Crippen LogP contribution in [0.25, 0.3) is 0 Å². The molecular formula is C21H15F3N3O4+. The number of nitrogens with zero attached hydrogens (tertiary/aromatic N) is 2. The van der Waals surface area contributed by atoms with Gasteiger partial charge >= 0.3 is 5.97 Å². The van der Waals surface area contributed by atoms with Crippen molar-refractivity contribution in [2.75, 3.05) is 11.9 Å². The average Bonchev–Trinajstić information content (AvgIpc) is 2.97. The minimum Gasteiger partial charge on any atom is -0.477 e. The number of hydrogen-bond donors (Lipinski definition) is 2. The fraction of sp³-hybridized carbons (Fsp3) is 0.143. The predicted octanol–water partition coefficient (Wildman–Crippen LogP) is 2.86. The maximum atomic E-state index is 14.5. The summed E-state index contributed by atoms with van der Waals surface area (Å²) in [5.41, 5.74) is 0.684. The molecule has 2 atom stereocenters. The van der Waals surface area contributed by atoms with Crippen LogP contribution in [0.1, 0.15) is 17.0 Å². The van der Waals surface area contributed by atoms with Crippen molar-refractivity contribution in [1.82, 2.24) is 4.48 Å². The molecule has 0 radical (unpaired) electrons. The molecule has 2 unspecified atom stereocenters. The summed E-state index contributed by atoms with van der Waals surface area (Å²) in [4.78, 5) is 39.6. The van der Waals surface area contributed by atoms with Crippen molar-refractivity contribution in [3.63, 3.8) is 0 Å². The molecule has 1 amide bonds. The van der Waals surface area contributed by atoms with E-state index in [1.165, 1.54) is 24.4 Å². The van der Waals surface area contributed by atoms with Crippen LogP contribution in [0.15, 0.2) is 47.2 Å². The Morgan fingerprint density at radius 3 is 2.74 bits per heavy atom. The monoisotopic (exact) mass is 430 g/mol. The lowest BCUT2D eigenvalue weighted by atomic mass is 9.92. The molecule has 7 nitrogen and oxygen atoms in total. The number of amides is 1. The Kier molecular flexibility index (Phi) is 4.94. The van der Waals surface area contributed by atoms with Crippen molar-refractivity contribution in [3.8, 4) is 0 Å². The number of rotatable bonds is 6. The van der Waals surface area contributed by atoms with Crippen LogP contribution < -0.4 is 9.80 Å². The topological polar surface area (TPSA) is 95.8 Å². The Morgan fingerprint density at radius 2 is 2.03 bits per heavy atom. The van der Waals surface area contributed by atoms with Crippen molar-refractivity contribution < 1.29 is 32.7 Å². The Labute approximate surface area is 173 Å². The van der Waals surface area contributed by atoms with Gasteiger partial charge in [0.15, 0.2) is 24.0 Å². The molecule has 31 heavy (non-hydrogen) atoms. The molecule has 0 aliphatic carbocycles. The normalized spacial score (nSPS) is 21.3. The van der Waals surface area contributed by atoms with Crippen LogP contribution >= 0.6 is 0 Å². The quantitative estimate of drug-likeness (QED) is 0.419. The van der Waals surface area contributed by atoms with Gasteiger partial charge in [-0.2, -0.15) is 0 Å². The number of carbonyl (C=O) groups is 3. The number of Topliss-reactive ketones (excluding diaryl/α,β-unsaturated/α-hetero) is 1. The molecule has 4 rings (SSSR count). The highest BCUT2D eigenvalue weighted by molar-refractivity contribution is 6.32. The van der Waals surface area contributed by atoms with Gasteiger partial charge in [-0.1, -0.05) is 6.07 Å². The van der Waals surface area contributed by atoms with E-state index in [0.29, 0.717) is 18.0 Å². The van der Waals surface area contributed by atoms with Crippen LogP contribution in [-0.4, -0.2) is 36.0 Å². The first kappa shape index (κ1) is 20.5. The second-order valence-corrected chi connectivity index (χ2v) is 7.21. The summed E-state index contributed by atoms with van der Waals surface area (Å²) in [6.45, 7) is -1.14. The van der Waals surface area contributed by atoms with Gasteiger partial charge < -0.3 is 10.4 Å². The van der Waals surface area contributed by atoms with Gasteiger partial charge in [0.05, 0.1) is 23.7 Å². The molecule has 158 valence electrons. The largest absolute Gasteiger partial charge is 0.477 e. The lowest BCUT2D eigenvalue weighted by Crippen LogP contribution is -2.50. The molecule has 0 saturated carbocycles. The van der Waals surface area contributed by atoms with Gasteiger partial charge in [-0.15, -0.1) is 0 Å². The van der Waals surface area contributed by atoms with Crippen LogP contribution in [0.3, 0.4) is 0 Å². The predicted molar refractivity (Wildman–Crippen MR) is 105 cm³/mol. The number of aliphatic imine (C=N–C) groups is 1. The molecule has 0 fully saturated rings. The lowest BCUT2D eigenvalue weighted by Gasteiger charge is -2.35. The fourth-order valence-electron chi connectivity index (χ4n) is 4.34. The lowest BCUT2D eigenvalue weighted by molar-refractivity contribution is -0.137. The van der Waals surface area contributed by atoms with E-state index >= 15 is 0 Å². The second kappa shape index (κ2) is 7.47. The molecule has 2 aromatic rings. The number of ketones is 1. The molecule has 2 N–H and O–H groups in total. The minimum absolute atomic E-state index is 0.203. The highest BCUT2D eigenvalue weighted by Crippen LogP contribution is 2.54. The first-order valence-electron chi connectivity index (χ1n) is 9.12. The summed E-state index contributed by atoms with van der Waals surface area (Å²) in [5, 5.41) is 12.2. The summed E-state index contributed by atoms with van der Waals surface area (Å²) in [6, 6.07) is 5.78. The summed E-state index contributed by atoms with van der Waals surface area (Å²) >= 11 is 0. The number of fused-ring (bicyclic) bond motifs is 3. The number of carbonyl (C=O) groups excluding carboxylic acids is 2. The number of allylic oxidation sites excluding steroid dienone is 1. The molecule has 10 heteroatoms. The number of quaternary nitrogens is 1. The third-order valence-electron chi connectivity index (χ3n) is 5.44. The van der Waals surface area contributed by atoms with Gasteiger partial charge in [0.1, 0.15) is 29.7 Å². The van der Waals surface area contributed by atoms with Crippen LogP contribution in [0.2, 0.25) is 0 Å². The maximum absolute atomic E-state index is 14.5. The van der Waals surface area contributed by atoms with Crippen LogP contribution in [0.5, 0.6) is 0 Å². The minimum atomic E-state index is -1.41. The van der Waals surface area contributed by atoms with E-state index in [2.05, 4.69) is 10.3 Å². The number of aliphatic carboxylic acids is 1. The van der Waals surface area contributed by atoms with Gasteiger partial charge in [0.25, 0.3) is 0 Å². The van der Waals surface area contributed by atoms with Crippen LogP contribution in [0.4, 0.5) is 24.5 Å². The average molecular weight is 430 g/mol. The Bertz CT molecular complexity index is 1190. The Hall–Kier alpha value is -3.79. The maximum Gasteiger partial charge on any atom is 0.360 e. The summed E-state index contributed by atoms with van der Waals surface area (Å²) < 4.78 is 41.7. The van der Waals surface area contributed by atoms with E-state index in [-0.39, 0.29) is 17.1 Å². The van der Waals surface area contributed by atoms with E-state index < -0.39 is 58.3 Å². The summed E-state index contributed by atoms with van der Waals surface area (Å²) in [5.74, 6) is -6.50. The number of benzene rings is 2. The smallest absolute Gasteiger partial charge is 0.360 e. The molecule has 0 spiro atoms. The van der Waals surface area contributed by atoms with Gasteiger partial charge in [0.2, 0.25) is 6.41 Å². The highest BCUT2D eigenvalue weighted by atomic mass is 19.2. The highest BCUT2D eigenvalue weighted by Gasteiger charge is 2.55. The second-order valence-electron chi connectivity index (χ2n) is 7.21. The zero-order valence-corrected chi connectivity index (χ0v) is 15.8. The first-order chi connectivity index (χ1) is 14.8. The van der Waals surface area contributed by atoms with Crippen molar-refractivity contribution in [1.29, 1.82) is 0 Å². The molecule has 0 saturated heterocycles. The fourth-order valence-corrected chi connectivity index (χ4v) is 4.34. The van der Waals surface area contributed by atoms with Crippen molar-refractivity contribution in [3.05, 3.63) is 70.8 Å². The van der Waals surface area contributed by atoms with Gasteiger partial charge in [-0.3, -0.25) is 14.6 Å². The number of nitrogens with one attached hydrogen (secondary N) is 1. The summed E-state index contributed by atoms with van der Waals surface area (Å²) in [7, 11) is 0. The van der Waals surface area contributed by atoms with Crippen molar-refractivity contribution in [2.24, 2.45) is 4.99 Å². The van der Waals surface area contributed by atoms with Crippen molar-refractivity contribution in [2.45, 2.75) is 12.5 Å². The van der Waals surface area contributed by atoms with Crippen LogP contribution in [-0.2, 0) is 20.9 Å². The Morgan fingerprint density at radius 1 is 1.26 bits per heavy atom. The van der Waals surface area contributed by atoms with Gasteiger partial charge in [0, 0.05) is 17.7 Å². The third-order valence-corrected chi connectivity index (χ3v) is 5.44. The number of hydrogen-bond acceptors (Lipinski definition) is 4. The molecule has 2 aliphatic heterocycles. The molecule has 0 aromatic heterocycles. The number of anilines is 1. The molecule has 2 aromatic carbocycles.